The highest BCUT2D eigenvalue weighted by molar-refractivity contribution is 6.30. The molecule has 7 heteroatoms. The molecule has 2 amide bonds. The maximum atomic E-state index is 12.0. The number of halogens is 1. The largest absolute Gasteiger partial charge is 0.489 e. The van der Waals surface area contributed by atoms with Crippen LogP contribution in [0.15, 0.2) is 48.5 Å². The summed E-state index contributed by atoms with van der Waals surface area (Å²) in [5, 5.41) is 5.92. The fourth-order valence-electron chi connectivity index (χ4n) is 2.20. The van der Waals surface area contributed by atoms with E-state index in [1.54, 1.807) is 36.4 Å². The summed E-state index contributed by atoms with van der Waals surface area (Å²) in [6.07, 6.45) is 0. The van der Waals surface area contributed by atoms with Gasteiger partial charge in [0.2, 0.25) is 11.8 Å². The maximum Gasteiger partial charge on any atom is 0.243 e. The van der Waals surface area contributed by atoms with Crippen molar-refractivity contribution >= 4 is 29.1 Å². The van der Waals surface area contributed by atoms with Crippen molar-refractivity contribution < 1.29 is 14.3 Å². The van der Waals surface area contributed by atoms with Gasteiger partial charge in [0.15, 0.2) is 0 Å². The molecule has 0 saturated heterocycles. The molecule has 2 aromatic carbocycles. The Morgan fingerprint density at radius 2 is 1.85 bits per heavy atom. The SMILES string of the molecule is CC(C)[C@H](N)C(=O)NCC(=O)Nc1cccc(OCc2ccc(Cl)cc2)c1. The fraction of sp³-hybridized carbons (Fsp3) is 0.300. The van der Waals surface area contributed by atoms with Crippen molar-refractivity contribution in [3.63, 3.8) is 0 Å². The van der Waals surface area contributed by atoms with Crippen molar-refractivity contribution in [3.8, 4) is 5.75 Å². The molecule has 6 nitrogen and oxygen atoms in total. The summed E-state index contributed by atoms with van der Waals surface area (Å²) < 4.78 is 5.73. The lowest BCUT2D eigenvalue weighted by Crippen LogP contribution is -2.46. The number of carbonyl (C=O) groups excluding carboxylic acids is 2. The van der Waals surface area contributed by atoms with Crippen LogP contribution in [-0.4, -0.2) is 24.4 Å². The first kappa shape index (κ1) is 20.7. The van der Waals surface area contributed by atoms with Crippen LogP contribution < -0.4 is 21.1 Å². The summed E-state index contributed by atoms with van der Waals surface area (Å²) in [4.78, 5) is 23.8. The van der Waals surface area contributed by atoms with Gasteiger partial charge in [-0.15, -0.1) is 0 Å². The van der Waals surface area contributed by atoms with Gasteiger partial charge in [-0.1, -0.05) is 43.6 Å². The average molecular weight is 390 g/mol. The van der Waals surface area contributed by atoms with E-state index in [1.807, 2.05) is 26.0 Å². The zero-order valence-corrected chi connectivity index (χ0v) is 16.1. The van der Waals surface area contributed by atoms with Crippen LogP contribution in [-0.2, 0) is 16.2 Å². The van der Waals surface area contributed by atoms with E-state index in [0.29, 0.717) is 23.1 Å². The van der Waals surface area contributed by atoms with Gasteiger partial charge in [-0.05, 0) is 35.7 Å². The number of amides is 2. The van der Waals surface area contributed by atoms with Gasteiger partial charge in [-0.3, -0.25) is 9.59 Å². The molecule has 0 heterocycles. The molecule has 0 aliphatic heterocycles. The number of rotatable bonds is 8. The van der Waals surface area contributed by atoms with E-state index >= 15 is 0 Å². The zero-order chi connectivity index (χ0) is 19.8. The number of benzene rings is 2. The van der Waals surface area contributed by atoms with Gasteiger partial charge in [0.25, 0.3) is 0 Å². The van der Waals surface area contributed by atoms with E-state index < -0.39 is 6.04 Å². The minimum atomic E-state index is -0.637. The molecule has 0 unspecified atom stereocenters. The van der Waals surface area contributed by atoms with Gasteiger partial charge in [0.05, 0.1) is 12.6 Å². The van der Waals surface area contributed by atoms with Gasteiger partial charge in [-0.25, -0.2) is 0 Å². The van der Waals surface area contributed by atoms with Gasteiger partial charge < -0.3 is 21.1 Å². The fourth-order valence-corrected chi connectivity index (χ4v) is 2.33. The van der Waals surface area contributed by atoms with Crippen LogP contribution in [0.4, 0.5) is 5.69 Å². The lowest BCUT2D eigenvalue weighted by Gasteiger charge is -2.15. The quantitative estimate of drug-likeness (QED) is 0.647. The highest BCUT2D eigenvalue weighted by atomic mass is 35.5. The van der Waals surface area contributed by atoms with Crippen LogP contribution in [0.2, 0.25) is 5.02 Å². The van der Waals surface area contributed by atoms with Gasteiger partial charge in [0.1, 0.15) is 12.4 Å². The maximum absolute atomic E-state index is 12.0. The van der Waals surface area contributed by atoms with E-state index in [4.69, 9.17) is 22.1 Å². The molecule has 1 atom stereocenters. The number of nitrogens with two attached hydrogens (primary N) is 1. The van der Waals surface area contributed by atoms with Crippen molar-refractivity contribution in [1.82, 2.24) is 5.32 Å². The number of hydrogen-bond donors (Lipinski definition) is 3. The third-order valence-electron chi connectivity index (χ3n) is 3.88. The Hall–Kier alpha value is -2.57. The molecule has 0 aliphatic rings. The molecule has 0 aromatic heterocycles. The summed E-state index contributed by atoms with van der Waals surface area (Å²) >= 11 is 5.86. The average Bonchev–Trinajstić information content (AvgIpc) is 2.65. The second kappa shape index (κ2) is 9.94. The van der Waals surface area contributed by atoms with E-state index in [-0.39, 0.29) is 24.3 Å². The molecular formula is C20H24ClN3O3. The lowest BCUT2D eigenvalue weighted by molar-refractivity contribution is -0.125. The van der Waals surface area contributed by atoms with Crippen molar-refractivity contribution in [2.24, 2.45) is 11.7 Å². The van der Waals surface area contributed by atoms with Crippen LogP contribution in [0, 0.1) is 5.92 Å². The van der Waals surface area contributed by atoms with Crippen LogP contribution >= 0.6 is 11.6 Å². The van der Waals surface area contributed by atoms with Crippen molar-refractivity contribution in [2.75, 3.05) is 11.9 Å². The second-order valence-corrected chi connectivity index (χ2v) is 6.92. The monoisotopic (exact) mass is 389 g/mol. The number of hydrogen-bond acceptors (Lipinski definition) is 4. The number of ether oxygens (including phenoxy) is 1. The molecule has 0 spiro atoms. The lowest BCUT2D eigenvalue weighted by atomic mass is 10.1. The molecule has 0 radical (unpaired) electrons. The van der Waals surface area contributed by atoms with Crippen LogP contribution in [0.25, 0.3) is 0 Å². The Bertz CT molecular complexity index is 778. The second-order valence-electron chi connectivity index (χ2n) is 6.48. The van der Waals surface area contributed by atoms with Crippen LogP contribution in [0.1, 0.15) is 19.4 Å². The standard InChI is InChI=1S/C20H24ClN3O3/c1-13(2)19(22)20(26)23-11-18(25)24-16-4-3-5-17(10-16)27-12-14-6-8-15(21)9-7-14/h3-10,13,19H,11-12,22H2,1-2H3,(H,23,26)(H,24,25)/t19-/m0/s1. The molecule has 0 saturated carbocycles. The molecule has 0 fully saturated rings. The van der Waals surface area contributed by atoms with Gasteiger partial charge in [0, 0.05) is 16.8 Å². The highest BCUT2D eigenvalue weighted by Gasteiger charge is 2.17. The summed E-state index contributed by atoms with van der Waals surface area (Å²) in [6.45, 7) is 3.94. The number of carbonyl (C=O) groups is 2. The molecule has 144 valence electrons. The minimum absolute atomic E-state index is 0.00234. The Morgan fingerprint density at radius 3 is 2.52 bits per heavy atom. The predicted molar refractivity (Wildman–Crippen MR) is 107 cm³/mol. The van der Waals surface area contributed by atoms with E-state index in [1.165, 1.54) is 0 Å². The Kier molecular flexibility index (Phi) is 7.64. The normalized spacial score (nSPS) is 11.7. The van der Waals surface area contributed by atoms with E-state index in [0.717, 1.165) is 5.56 Å². The number of anilines is 1. The van der Waals surface area contributed by atoms with Crippen molar-refractivity contribution in [1.29, 1.82) is 0 Å². The molecule has 0 bridgehead atoms. The Labute approximate surface area is 164 Å². The third-order valence-corrected chi connectivity index (χ3v) is 4.13. The van der Waals surface area contributed by atoms with Crippen LogP contribution in [0.3, 0.4) is 0 Å². The molecule has 0 aliphatic carbocycles. The minimum Gasteiger partial charge on any atom is -0.489 e. The first-order valence-electron chi connectivity index (χ1n) is 8.65. The van der Waals surface area contributed by atoms with E-state index in [9.17, 15) is 9.59 Å². The van der Waals surface area contributed by atoms with Crippen molar-refractivity contribution in [3.05, 3.63) is 59.1 Å². The van der Waals surface area contributed by atoms with Crippen LogP contribution in [0.5, 0.6) is 5.75 Å². The Balaban J connectivity index is 1.84. The zero-order valence-electron chi connectivity index (χ0n) is 15.4. The summed E-state index contributed by atoms with van der Waals surface area (Å²) in [5.41, 5.74) is 7.30. The predicted octanol–water partition coefficient (Wildman–Crippen LogP) is 2.96. The molecule has 2 aromatic rings. The number of nitrogens with one attached hydrogen (secondary N) is 2. The smallest absolute Gasteiger partial charge is 0.243 e. The summed E-state index contributed by atoms with van der Waals surface area (Å²) in [6, 6.07) is 13.8. The molecular weight excluding hydrogens is 366 g/mol. The Morgan fingerprint density at radius 1 is 1.15 bits per heavy atom. The van der Waals surface area contributed by atoms with Crippen molar-refractivity contribution in [2.45, 2.75) is 26.5 Å². The first-order chi connectivity index (χ1) is 12.8. The topological polar surface area (TPSA) is 93.5 Å². The summed E-state index contributed by atoms with van der Waals surface area (Å²) in [5.74, 6) is -0.0643. The molecule has 4 N–H and O–H groups in total. The van der Waals surface area contributed by atoms with E-state index in [2.05, 4.69) is 10.6 Å². The summed E-state index contributed by atoms with van der Waals surface area (Å²) in [7, 11) is 0. The van der Waals surface area contributed by atoms with Gasteiger partial charge in [-0.2, -0.15) is 0 Å². The third kappa shape index (κ3) is 6.92. The van der Waals surface area contributed by atoms with Gasteiger partial charge >= 0.3 is 0 Å². The molecule has 2 rings (SSSR count). The highest BCUT2D eigenvalue weighted by Crippen LogP contribution is 2.19. The first-order valence-corrected chi connectivity index (χ1v) is 9.03. The molecule has 27 heavy (non-hydrogen) atoms.